The Morgan fingerprint density at radius 2 is 2.33 bits per heavy atom. The van der Waals surface area contributed by atoms with Crippen molar-refractivity contribution in [3.8, 4) is 0 Å². The molecule has 0 fully saturated rings. The highest BCUT2D eigenvalue weighted by molar-refractivity contribution is 5.95. The molecule has 80 valence electrons. The van der Waals surface area contributed by atoms with Crippen LogP contribution < -0.4 is 11.1 Å². The molecule has 1 aromatic rings. The normalized spacial score (nSPS) is 10.2. The Morgan fingerprint density at radius 3 is 3.00 bits per heavy atom. The first kappa shape index (κ1) is 11.0. The van der Waals surface area contributed by atoms with Crippen LogP contribution in [0.4, 0.5) is 10.5 Å². The molecule has 0 saturated carbocycles. The van der Waals surface area contributed by atoms with Gasteiger partial charge in [-0.2, -0.15) is 0 Å². The van der Waals surface area contributed by atoms with Crippen molar-refractivity contribution in [2.75, 3.05) is 11.9 Å². The van der Waals surface area contributed by atoms with Crippen LogP contribution >= 0.6 is 0 Å². The van der Waals surface area contributed by atoms with E-state index in [4.69, 9.17) is 10.6 Å². The van der Waals surface area contributed by atoms with Crippen LogP contribution in [0.3, 0.4) is 0 Å². The van der Waals surface area contributed by atoms with E-state index in [9.17, 15) is 4.79 Å². The summed E-state index contributed by atoms with van der Waals surface area (Å²) in [5.74, 6) is 0. The first-order chi connectivity index (χ1) is 7.24. The van der Waals surface area contributed by atoms with Crippen LogP contribution in [0.25, 0.3) is 0 Å². The number of oxime groups is 1. The predicted molar refractivity (Wildman–Crippen MR) is 58.9 cm³/mol. The molecule has 0 saturated heterocycles. The van der Waals surface area contributed by atoms with Crippen LogP contribution in [-0.4, -0.2) is 18.9 Å². The van der Waals surface area contributed by atoms with Crippen LogP contribution in [0.15, 0.2) is 29.4 Å². The summed E-state index contributed by atoms with van der Waals surface area (Å²) in [4.78, 5) is 15.5. The predicted octanol–water partition coefficient (Wildman–Crippen LogP) is 1.55. The summed E-state index contributed by atoms with van der Waals surface area (Å²) in [5, 5.41) is 6.20. The van der Waals surface area contributed by atoms with Crippen LogP contribution in [0.2, 0.25) is 0 Å². The molecule has 0 aliphatic heterocycles. The van der Waals surface area contributed by atoms with Crippen molar-refractivity contribution in [2.24, 2.45) is 10.9 Å². The molecule has 0 spiro atoms. The zero-order valence-electron chi connectivity index (χ0n) is 8.43. The fraction of sp³-hybridized carbons (Fsp3) is 0.200. The summed E-state index contributed by atoms with van der Waals surface area (Å²) in [5.41, 5.74) is 6.37. The number of anilines is 1. The second kappa shape index (κ2) is 5.64. The molecule has 0 radical (unpaired) electrons. The number of nitrogens with zero attached hydrogens (tertiary/aromatic N) is 1. The van der Waals surface area contributed by atoms with Gasteiger partial charge in [-0.25, -0.2) is 4.79 Å². The number of carbonyl (C=O) groups excluding carboxylic acids is 1. The first-order valence-electron chi connectivity index (χ1n) is 4.55. The van der Waals surface area contributed by atoms with E-state index in [1.165, 1.54) is 6.21 Å². The molecular formula is C10H13N3O2. The third-order valence-electron chi connectivity index (χ3n) is 1.61. The Hall–Kier alpha value is -2.04. The fourth-order valence-corrected chi connectivity index (χ4v) is 1.02. The van der Waals surface area contributed by atoms with Gasteiger partial charge in [-0.1, -0.05) is 23.4 Å². The zero-order valence-corrected chi connectivity index (χ0v) is 8.43. The number of rotatable bonds is 4. The molecule has 0 aromatic heterocycles. The van der Waals surface area contributed by atoms with E-state index in [1.54, 1.807) is 18.2 Å². The average Bonchev–Trinajstić information content (AvgIpc) is 2.20. The van der Waals surface area contributed by atoms with Gasteiger partial charge in [0.25, 0.3) is 0 Å². The maximum Gasteiger partial charge on any atom is 0.316 e. The molecule has 1 aromatic carbocycles. The smallest absolute Gasteiger partial charge is 0.316 e. The van der Waals surface area contributed by atoms with Crippen molar-refractivity contribution >= 4 is 17.9 Å². The summed E-state index contributed by atoms with van der Waals surface area (Å²) in [6, 6.07) is 6.56. The minimum absolute atomic E-state index is 0.502. The molecule has 0 bridgehead atoms. The largest absolute Gasteiger partial charge is 0.396 e. The van der Waals surface area contributed by atoms with Crippen LogP contribution in [-0.2, 0) is 4.84 Å². The second-order valence-corrected chi connectivity index (χ2v) is 2.73. The quantitative estimate of drug-likeness (QED) is 0.580. The number of para-hydroxylation sites is 1. The van der Waals surface area contributed by atoms with Gasteiger partial charge in [-0.05, 0) is 13.0 Å². The lowest BCUT2D eigenvalue weighted by molar-refractivity contribution is 0.160. The van der Waals surface area contributed by atoms with Crippen molar-refractivity contribution < 1.29 is 9.63 Å². The highest BCUT2D eigenvalue weighted by Gasteiger charge is 2.00. The number of benzene rings is 1. The molecule has 15 heavy (non-hydrogen) atoms. The SMILES string of the molecule is CCON=Cc1ccccc1NC(N)=O. The maximum atomic E-state index is 10.7. The van der Waals surface area contributed by atoms with E-state index in [1.807, 2.05) is 13.0 Å². The van der Waals surface area contributed by atoms with Crippen LogP contribution in [0, 0.1) is 0 Å². The lowest BCUT2D eigenvalue weighted by atomic mass is 10.2. The maximum absolute atomic E-state index is 10.7. The van der Waals surface area contributed by atoms with E-state index in [-0.39, 0.29) is 0 Å². The Bertz CT molecular complexity index is 363. The number of urea groups is 1. The van der Waals surface area contributed by atoms with Gasteiger partial charge in [-0.15, -0.1) is 0 Å². The van der Waals surface area contributed by atoms with Crippen LogP contribution in [0.1, 0.15) is 12.5 Å². The summed E-state index contributed by atoms with van der Waals surface area (Å²) in [6.45, 7) is 2.34. The number of nitrogens with one attached hydrogen (secondary N) is 1. The first-order valence-corrected chi connectivity index (χ1v) is 4.55. The van der Waals surface area contributed by atoms with E-state index in [0.717, 1.165) is 5.56 Å². The van der Waals surface area contributed by atoms with Crippen molar-refractivity contribution in [3.63, 3.8) is 0 Å². The van der Waals surface area contributed by atoms with E-state index < -0.39 is 6.03 Å². The minimum atomic E-state index is -0.604. The summed E-state index contributed by atoms with van der Waals surface area (Å²) >= 11 is 0. The second-order valence-electron chi connectivity index (χ2n) is 2.73. The van der Waals surface area contributed by atoms with Crippen molar-refractivity contribution in [1.29, 1.82) is 0 Å². The van der Waals surface area contributed by atoms with Gasteiger partial charge in [0.1, 0.15) is 6.61 Å². The lowest BCUT2D eigenvalue weighted by Crippen LogP contribution is -2.20. The molecule has 3 N–H and O–H groups in total. The van der Waals surface area contributed by atoms with Gasteiger partial charge in [0.15, 0.2) is 0 Å². The van der Waals surface area contributed by atoms with E-state index >= 15 is 0 Å². The number of primary amides is 1. The Labute approximate surface area is 87.9 Å². The van der Waals surface area contributed by atoms with Crippen LogP contribution in [0.5, 0.6) is 0 Å². The molecule has 0 aliphatic rings. The molecule has 2 amide bonds. The van der Waals surface area contributed by atoms with E-state index in [2.05, 4.69) is 10.5 Å². The Kier molecular flexibility index (Phi) is 4.15. The zero-order chi connectivity index (χ0) is 11.1. The standard InChI is InChI=1S/C10H13N3O2/c1-2-15-12-7-8-5-3-4-6-9(8)13-10(11)14/h3-7H,2H2,1H3,(H3,11,13,14). The van der Waals surface area contributed by atoms with Gasteiger partial charge in [0.05, 0.1) is 11.9 Å². The van der Waals surface area contributed by atoms with Gasteiger partial charge >= 0.3 is 6.03 Å². The summed E-state index contributed by atoms with van der Waals surface area (Å²) < 4.78 is 0. The molecule has 0 heterocycles. The third-order valence-corrected chi connectivity index (χ3v) is 1.61. The van der Waals surface area contributed by atoms with Gasteiger partial charge in [0, 0.05) is 5.56 Å². The molecule has 0 unspecified atom stereocenters. The van der Waals surface area contributed by atoms with Crippen molar-refractivity contribution in [3.05, 3.63) is 29.8 Å². The topological polar surface area (TPSA) is 76.7 Å². The molecule has 1 rings (SSSR count). The summed E-state index contributed by atoms with van der Waals surface area (Å²) in [7, 11) is 0. The Morgan fingerprint density at radius 1 is 1.60 bits per heavy atom. The highest BCUT2D eigenvalue weighted by Crippen LogP contribution is 2.12. The number of hydrogen-bond acceptors (Lipinski definition) is 3. The average molecular weight is 207 g/mol. The van der Waals surface area contributed by atoms with E-state index in [0.29, 0.717) is 12.3 Å². The molecular weight excluding hydrogens is 194 g/mol. The highest BCUT2D eigenvalue weighted by atomic mass is 16.6. The number of nitrogens with two attached hydrogens (primary N) is 1. The molecule has 0 aliphatic carbocycles. The lowest BCUT2D eigenvalue weighted by Gasteiger charge is -2.04. The van der Waals surface area contributed by atoms with Crippen molar-refractivity contribution in [1.82, 2.24) is 0 Å². The van der Waals surface area contributed by atoms with Crippen molar-refractivity contribution in [2.45, 2.75) is 6.92 Å². The van der Waals surface area contributed by atoms with Gasteiger partial charge in [-0.3, -0.25) is 0 Å². The van der Waals surface area contributed by atoms with Gasteiger partial charge in [0.2, 0.25) is 0 Å². The summed E-state index contributed by atoms with van der Waals surface area (Å²) in [6.07, 6.45) is 1.52. The minimum Gasteiger partial charge on any atom is -0.396 e. The monoisotopic (exact) mass is 207 g/mol. The molecule has 5 heteroatoms. The molecule has 5 nitrogen and oxygen atoms in total. The number of hydrogen-bond donors (Lipinski definition) is 2. The third kappa shape index (κ3) is 3.68. The number of carbonyl (C=O) groups is 1. The Balaban J connectivity index is 2.81. The van der Waals surface area contributed by atoms with Gasteiger partial charge < -0.3 is 15.9 Å². The number of amides is 2. The fourth-order valence-electron chi connectivity index (χ4n) is 1.02. The molecule has 0 atom stereocenters.